The smallest absolute Gasteiger partial charge is 0.220 e. The van der Waals surface area contributed by atoms with Crippen molar-refractivity contribution in [2.24, 2.45) is 5.92 Å². The maximum absolute atomic E-state index is 12.4. The quantitative estimate of drug-likeness (QED) is 0.828. The van der Waals surface area contributed by atoms with Crippen molar-refractivity contribution in [3.63, 3.8) is 0 Å². The average Bonchev–Trinajstić information content (AvgIpc) is 3.14. The lowest BCUT2D eigenvalue weighted by Crippen LogP contribution is -2.42. The Bertz CT molecular complexity index is 579. The van der Waals surface area contributed by atoms with Crippen molar-refractivity contribution in [2.75, 3.05) is 18.0 Å². The van der Waals surface area contributed by atoms with E-state index in [4.69, 9.17) is 0 Å². The van der Waals surface area contributed by atoms with Crippen LogP contribution in [0.5, 0.6) is 0 Å². The molecule has 0 aliphatic carbocycles. The van der Waals surface area contributed by atoms with E-state index in [0.29, 0.717) is 30.5 Å². The zero-order chi connectivity index (χ0) is 16.5. The molecule has 24 heavy (non-hydrogen) atoms. The van der Waals surface area contributed by atoms with E-state index in [1.807, 2.05) is 0 Å². The fourth-order valence-electron chi connectivity index (χ4n) is 4.66. The zero-order valence-electron chi connectivity index (χ0n) is 14.0. The number of rotatable bonds is 4. The van der Waals surface area contributed by atoms with E-state index >= 15 is 0 Å². The van der Waals surface area contributed by atoms with E-state index in [-0.39, 0.29) is 5.91 Å². The molecule has 1 amide bonds. The topological polar surface area (TPSA) is 44.4 Å². The molecule has 4 nitrogen and oxygen atoms in total. The van der Waals surface area contributed by atoms with Crippen molar-refractivity contribution in [1.82, 2.24) is 10.6 Å². The first-order valence-corrected chi connectivity index (χ1v) is 10.0. The zero-order valence-corrected chi connectivity index (χ0v) is 15.6. The summed E-state index contributed by atoms with van der Waals surface area (Å²) >= 11 is 3.48. The number of piperidine rings is 1. The molecule has 1 aromatic carbocycles. The van der Waals surface area contributed by atoms with Gasteiger partial charge < -0.3 is 15.5 Å². The highest BCUT2D eigenvalue weighted by Gasteiger charge is 2.34. The van der Waals surface area contributed by atoms with Crippen LogP contribution in [0.1, 0.15) is 38.5 Å². The fraction of sp³-hybridized carbons (Fsp3) is 0.632. The van der Waals surface area contributed by atoms with Gasteiger partial charge in [-0.2, -0.15) is 0 Å². The molecule has 3 unspecified atom stereocenters. The predicted octanol–water partition coefficient (Wildman–Crippen LogP) is 3.06. The van der Waals surface area contributed by atoms with Crippen LogP contribution >= 0.6 is 15.9 Å². The minimum absolute atomic E-state index is 0.254. The first-order valence-electron chi connectivity index (χ1n) is 9.21. The number of benzene rings is 1. The molecule has 3 aliphatic heterocycles. The minimum Gasteiger partial charge on any atom is -0.369 e. The van der Waals surface area contributed by atoms with Crippen LogP contribution in [0.2, 0.25) is 0 Å². The molecule has 3 saturated heterocycles. The van der Waals surface area contributed by atoms with Gasteiger partial charge in [0.25, 0.3) is 0 Å². The van der Waals surface area contributed by atoms with Crippen molar-refractivity contribution in [3.8, 4) is 0 Å². The highest BCUT2D eigenvalue weighted by atomic mass is 79.9. The second kappa shape index (κ2) is 7.04. The van der Waals surface area contributed by atoms with Gasteiger partial charge in [0.2, 0.25) is 5.91 Å². The van der Waals surface area contributed by atoms with Gasteiger partial charge in [-0.1, -0.05) is 15.9 Å². The molecular weight excluding hydrogens is 366 g/mol. The maximum Gasteiger partial charge on any atom is 0.220 e. The number of halogens is 1. The van der Waals surface area contributed by atoms with Gasteiger partial charge in [-0.15, -0.1) is 0 Å². The highest BCUT2D eigenvalue weighted by Crippen LogP contribution is 2.32. The molecule has 2 bridgehead atoms. The van der Waals surface area contributed by atoms with Crippen molar-refractivity contribution in [1.29, 1.82) is 0 Å². The number of carbonyl (C=O) groups excluding carboxylic acids is 1. The van der Waals surface area contributed by atoms with Crippen molar-refractivity contribution < 1.29 is 4.79 Å². The van der Waals surface area contributed by atoms with Gasteiger partial charge in [-0.3, -0.25) is 4.79 Å². The van der Waals surface area contributed by atoms with Crippen molar-refractivity contribution >= 4 is 27.5 Å². The normalized spacial score (nSPS) is 32.1. The molecule has 0 aromatic heterocycles. The van der Waals surface area contributed by atoms with Gasteiger partial charge in [-0.25, -0.2) is 0 Å². The Morgan fingerprint density at radius 3 is 2.58 bits per heavy atom. The lowest BCUT2D eigenvalue weighted by molar-refractivity contribution is -0.122. The number of anilines is 1. The Balaban J connectivity index is 1.25. The summed E-state index contributed by atoms with van der Waals surface area (Å²) in [5.41, 5.74) is 1.24. The first kappa shape index (κ1) is 16.4. The molecule has 4 rings (SSSR count). The molecule has 130 valence electrons. The van der Waals surface area contributed by atoms with Crippen LogP contribution in [-0.4, -0.2) is 37.1 Å². The third-order valence-electron chi connectivity index (χ3n) is 5.79. The van der Waals surface area contributed by atoms with Crippen molar-refractivity contribution in [2.45, 2.75) is 56.7 Å². The summed E-state index contributed by atoms with van der Waals surface area (Å²) in [5.74, 6) is 0.830. The number of fused-ring (bicyclic) bond motifs is 2. The summed E-state index contributed by atoms with van der Waals surface area (Å²) in [7, 11) is 0. The second-order valence-corrected chi connectivity index (χ2v) is 8.57. The average molecular weight is 392 g/mol. The van der Waals surface area contributed by atoms with Crippen LogP contribution in [0.25, 0.3) is 0 Å². The molecule has 0 spiro atoms. The van der Waals surface area contributed by atoms with Crippen LogP contribution in [0, 0.1) is 5.92 Å². The molecular formula is C19H26BrN3O. The van der Waals surface area contributed by atoms with Crippen LogP contribution in [0.4, 0.5) is 5.69 Å². The predicted molar refractivity (Wildman–Crippen MR) is 100 cm³/mol. The van der Waals surface area contributed by atoms with Gasteiger partial charge in [0.15, 0.2) is 0 Å². The summed E-state index contributed by atoms with van der Waals surface area (Å²) in [6.45, 7) is 1.94. The lowest BCUT2D eigenvalue weighted by atomic mass is 9.89. The van der Waals surface area contributed by atoms with Crippen LogP contribution in [0.15, 0.2) is 28.7 Å². The van der Waals surface area contributed by atoms with Gasteiger partial charge in [0.1, 0.15) is 0 Å². The summed E-state index contributed by atoms with van der Waals surface area (Å²) in [4.78, 5) is 14.8. The number of hydrogen-bond donors (Lipinski definition) is 2. The molecule has 0 radical (unpaired) electrons. The Hall–Kier alpha value is -1.07. The molecule has 1 aromatic rings. The van der Waals surface area contributed by atoms with Crippen molar-refractivity contribution in [3.05, 3.63) is 28.7 Å². The van der Waals surface area contributed by atoms with Crippen LogP contribution in [0.3, 0.4) is 0 Å². The summed E-state index contributed by atoms with van der Waals surface area (Å²) in [5, 5.41) is 6.93. The third-order valence-corrected chi connectivity index (χ3v) is 6.32. The van der Waals surface area contributed by atoms with Gasteiger partial charge >= 0.3 is 0 Å². The molecule has 3 atom stereocenters. The Labute approximate surface area is 152 Å². The third kappa shape index (κ3) is 3.77. The number of hydrogen-bond acceptors (Lipinski definition) is 3. The van der Waals surface area contributed by atoms with Crippen LogP contribution in [-0.2, 0) is 4.79 Å². The van der Waals surface area contributed by atoms with E-state index < -0.39 is 0 Å². The summed E-state index contributed by atoms with van der Waals surface area (Å²) < 4.78 is 1.10. The number of nitrogens with one attached hydrogen (secondary N) is 2. The molecule has 5 heteroatoms. The van der Waals surface area contributed by atoms with E-state index in [0.717, 1.165) is 24.0 Å². The van der Waals surface area contributed by atoms with Crippen LogP contribution < -0.4 is 15.5 Å². The van der Waals surface area contributed by atoms with E-state index in [1.54, 1.807) is 0 Å². The Morgan fingerprint density at radius 2 is 1.88 bits per heavy atom. The van der Waals surface area contributed by atoms with Gasteiger partial charge in [0.05, 0.1) is 0 Å². The minimum atomic E-state index is 0.254. The van der Waals surface area contributed by atoms with E-state index in [2.05, 4.69) is 55.7 Å². The first-order chi connectivity index (χ1) is 11.7. The SMILES string of the molecule is O=C(CC1CC2CCC(C1)N2)NC1CCN(c2ccc(Br)cc2)C1. The number of carbonyl (C=O) groups is 1. The molecule has 3 heterocycles. The summed E-state index contributed by atoms with van der Waals surface area (Å²) in [6, 6.07) is 10.1. The fourth-order valence-corrected chi connectivity index (χ4v) is 4.92. The molecule has 3 fully saturated rings. The van der Waals surface area contributed by atoms with Gasteiger partial charge in [-0.05, 0) is 62.3 Å². The second-order valence-electron chi connectivity index (χ2n) is 7.65. The molecule has 3 aliphatic rings. The Morgan fingerprint density at radius 1 is 1.17 bits per heavy atom. The standard InChI is InChI=1S/C19H26BrN3O/c20-14-1-5-18(6-2-14)23-8-7-17(12-23)22-19(24)11-13-9-15-3-4-16(10-13)21-15/h1-2,5-6,13,15-17,21H,3-4,7-12H2,(H,22,24). The maximum atomic E-state index is 12.4. The number of amides is 1. The largest absolute Gasteiger partial charge is 0.369 e. The lowest BCUT2D eigenvalue weighted by Gasteiger charge is -2.29. The van der Waals surface area contributed by atoms with Gasteiger partial charge in [0, 0.05) is 47.8 Å². The molecule has 2 N–H and O–H groups in total. The monoisotopic (exact) mass is 391 g/mol. The number of nitrogens with zero attached hydrogens (tertiary/aromatic N) is 1. The van der Waals surface area contributed by atoms with E-state index in [9.17, 15) is 4.79 Å². The highest BCUT2D eigenvalue weighted by molar-refractivity contribution is 9.10. The van der Waals surface area contributed by atoms with E-state index in [1.165, 1.54) is 31.4 Å². The molecule has 0 saturated carbocycles. The Kier molecular flexibility index (Phi) is 4.81. The summed E-state index contributed by atoms with van der Waals surface area (Å²) in [6.07, 6.45) is 6.71.